The van der Waals surface area contributed by atoms with Crippen LogP contribution >= 0.6 is 23.2 Å². The van der Waals surface area contributed by atoms with Crippen molar-refractivity contribution in [2.45, 2.75) is 0 Å². The van der Waals surface area contributed by atoms with E-state index in [4.69, 9.17) is 23.2 Å². The molecule has 1 rings (SSSR count). The second-order valence-corrected chi connectivity index (χ2v) is 3.98. The van der Waals surface area contributed by atoms with Gasteiger partial charge in [-0.1, -0.05) is 23.2 Å². The van der Waals surface area contributed by atoms with Crippen molar-refractivity contribution in [1.82, 2.24) is 0 Å². The molecule has 0 radical (unpaired) electrons. The summed E-state index contributed by atoms with van der Waals surface area (Å²) < 4.78 is 21.1. The minimum atomic E-state index is -3.23. The van der Waals surface area contributed by atoms with Crippen LogP contribution in [0.5, 0.6) is 0 Å². The molecule has 0 aromatic heterocycles. The highest BCUT2D eigenvalue weighted by molar-refractivity contribution is 7.97. The Morgan fingerprint density at radius 3 is 1.56 bits per heavy atom. The summed E-state index contributed by atoms with van der Waals surface area (Å²) in [7, 11) is -3.23. The molecule has 2 nitrogen and oxygen atoms in total. The first-order valence-electron chi connectivity index (χ1n) is 2.01. The van der Waals surface area contributed by atoms with Crippen LogP contribution < -0.4 is 0 Å². The highest BCUT2D eigenvalue weighted by atomic mass is 35.5. The summed E-state index contributed by atoms with van der Waals surface area (Å²) in [5, 5.41) is 1.99. The molecule has 5 heteroatoms. The molecule has 0 amide bonds. The Kier molecular flexibility index (Phi) is 1.59. The molecule has 0 aliphatic carbocycles. The summed E-state index contributed by atoms with van der Waals surface area (Å²) in [6.07, 6.45) is 0. The van der Waals surface area contributed by atoms with Gasteiger partial charge in [0.15, 0.2) is 9.84 Å². The van der Waals surface area contributed by atoms with Crippen LogP contribution in [-0.2, 0) is 9.84 Å². The largest absolute Gasteiger partial charge is 0.220 e. The first-order valence-corrected chi connectivity index (χ1v) is 4.38. The van der Waals surface area contributed by atoms with Crippen LogP contribution in [0, 0.1) is 0 Å². The van der Waals surface area contributed by atoms with Crippen molar-refractivity contribution in [2.75, 3.05) is 0 Å². The van der Waals surface area contributed by atoms with Gasteiger partial charge in [-0.25, -0.2) is 8.42 Å². The van der Waals surface area contributed by atoms with Crippen molar-refractivity contribution < 1.29 is 8.42 Å². The number of sulfone groups is 1. The van der Waals surface area contributed by atoms with Crippen molar-refractivity contribution in [1.29, 1.82) is 0 Å². The van der Waals surface area contributed by atoms with Crippen LogP contribution in [0.3, 0.4) is 0 Å². The third-order valence-corrected chi connectivity index (χ3v) is 2.87. The third kappa shape index (κ3) is 1.47. The van der Waals surface area contributed by atoms with Gasteiger partial charge in [0, 0.05) is 0 Å². The van der Waals surface area contributed by atoms with Gasteiger partial charge in [-0.3, -0.25) is 0 Å². The lowest BCUT2D eigenvalue weighted by molar-refractivity contribution is 0.613. The van der Waals surface area contributed by atoms with Crippen LogP contribution in [0.4, 0.5) is 0 Å². The SMILES string of the molecule is O=S1(=O)C=C(Cl)C(Cl)=C1. The molecule has 0 aromatic rings. The normalized spacial score (nSPS) is 23.3. The molecule has 50 valence electrons. The first kappa shape index (κ1) is 7.12. The number of hydrogen-bond acceptors (Lipinski definition) is 2. The van der Waals surface area contributed by atoms with Crippen molar-refractivity contribution in [3.63, 3.8) is 0 Å². The summed E-state index contributed by atoms with van der Waals surface area (Å²) in [6, 6.07) is 0. The standard InChI is InChI=1S/C4H2Cl2O2S/c5-3-1-9(7,8)2-4(3)6/h1-2H. The predicted molar refractivity (Wildman–Crippen MR) is 36.8 cm³/mol. The van der Waals surface area contributed by atoms with Crippen LogP contribution in [-0.4, -0.2) is 8.42 Å². The molecule has 0 unspecified atom stereocenters. The van der Waals surface area contributed by atoms with Crippen LogP contribution in [0.25, 0.3) is 0 Å². The quantitative estimate of drug-likeness (QED) is 0.574. The fraction of sp³-hybridized carbons (Fsp3) is 0. The van der Waals surface area contributed by atoms with E-state index in [1.807, 2.05) is 0 Å². The first-order chi connectivity index (χ1) is 4.01. The Labute approximate surface area is 62.7 Å². The summed E-state index contributed by atoms with van der Waals surface area (Å²) in [4.78, 5) is 0. The van der Waals surface area contributed by atoms with E-state index in [9.17, 15) is 8.42 Å². The lowest BCUT2D eigenvalue weighted by Gasteiger charge is -1.79. The zero-order valence-corrected chi connectivity index (χ0v) is 6.46. The molecule has 0 atom stereocenters. The highest BCUT2D eigenvalue weighted by Crippen LogP contribution is 2.27. The van der Waals surface area contributed by atoms with E-state index in [-0.39, 0.29) is 10.1 Å². The summed E-state index contributed by atoms with van der Waals surface area (Å²) in [5.74, 6) is 0. The van der Waals surface area contributed by atoms with Crippen molar-refractivity contribution >= 4 is 33.0 Å². The van der Waals surface area contributed by atoms with Crippen LogP contribution in [0.15, 0.2) is 20.9 Å². The monoisotopic (exact) mass is 184 g/mol. The second-order valence-electron chi connectivity index (χ2n) is 1.52. The van der Waals surface area contributed by atoms with Crippen LogP contribution in [0.1, 0.15) is 0 Å². The maximum absolute atomic E-state index is 10.5. The van der Waals surface area contributed by atoms with E-state index >= 15 is 0 Å². The highest BCUT2D eigenvalue weighted by Gasteiger charge is 2.16. The Morgan fingerprint density at radius 2 is 1.44 bits per heavy atom. The molecule has 0 saturated carbocycles. The topological polar surface area (TPSA) is 34.1 Å². The fourth-order valence-electron chi connectivity index (χ4n) is 0.435. The van der Waals surface area contributed by atoms with Crippen molar-refractivity contribution in [2.24, 2.45) is 0 Å². The minimum absolute atomic E-state index is 0.0802. The molecule has 1 aliphatic heterocycles. The lowest BCUT2D eigenvalue weighted by Crippen LogP contribution is -1.81. The molecule has 0 aromatic carbocycles. The molecule has 0 bridgehead atoms. The third-order valence-electron chi connectivity index (χ3n) is 0.764. The average molecular weight is 185 g/mol. The zero-order chi connectivity index (χ0) is 7.07. The molecular weight excluding hydrogens is 183 g/mol. The number of allylic oxidation sites excluding steroid dienone is 2. The van der Waals surface area contributed by atoms with Gasteiger partial charge in [0.05, 0.1) is 20.9 Å². The number of halogens is 2. The van der Waals surface area contributed by atoms with E-state index in [0.717, 1.165) is 10.8 Å². The molecule has 0 saturated heterocycles. The Bertz CT molecular complexity index is 262. The smallest absolute Gasteiger partial charge is 0.196 e. The Balaban J connectivity index is 3.27. The van der Waals surface area contributed by atoms with E-state index in [1.165, 1.54) is 0 Å². The summed E-state index contributed by atoms with van der Waals surface area (Å²) in [5.41, 5.74) is 0. The lowest BCUT2D eigenvalue weighted by atomic mass is 10.6. The molecule has 9 heavy (non-hydrogen) atoms. The molecule has 0 N–H and O–H groups in total. The Morgan fingerprint density at radius 1 is 1.11 bits per heavy atom. The fourth-order valence-corrected chi connectivity index (χ4v) is 2.32. The number of rotatable bonds is 0. The van der Waals surface area contributed by atoms with Crippen molar-refractivity contribution in [3.05, 3.63) is 20.9 Å². The van der Waals surface area contributed by atoms with Gasteiger partial charge in [-0.05, 0) is 0 Å². The van der Waals surface area contributed by atoms with Gasteiger partial charge in [0.1, 0.15) is 0 Å². The van der Waals surface area contributed by atoms with E-state index in [2.05, 4.69) is 0 Å². The molecule has 0 fully saturated rings. The van der Waals surface area contributed by atoms with E-state index in [0.29, 0.717) is 0 Å². The maximum Gasteiger partial charge on any atom is 0.196 e. The predicted octanol–water partition coefficient (Wildman–Crippen LogP) is 1.58. The van der Waals surface area contributed by atoms with E-state index in [1.54, 1.807) is 0 Å². The minimum Gasteiger partial charge on any atom is -0.220 e. The van der Waals surface area contributed by atoms with E-state index < -0.39 is 9.84 Å². The van der Waals surface area contributed by atoms with Crippen molar-refractivity contribution in [3.8, 4) is 0 Å². The maximum atomic E-state index is 10.5. The van der Waals surface area contributed by atoms with Gasteiger partial charge in [-0.15, -0.1) is 0 Å². The zero-order valence-electron chi connectivity index (χ0n) is 4.14. The Hall–Kier alpha value is 0.01000. The average Bonchev–Trinajstić information content (AvgIpc) is 1.79. The van der Waals surface area contributed by atoms with Gasteiger partial charge in [0.2, 0.25) is 0 Å². The second kappa shape index (κ2) is 2.01. The number of hydrogen-bond donors (Lipinski definition) is 0. The molecule has 1 heterocycles. The van der Waals surface area contributed by atoms with Gasteiger partial charge >= 0.3 is 0 Å². The van der Waals surface area contributed by atoms with Crippen LogP contribution in [0.2, 0.25) is 0 Å². The van der Waals surface area contributed by atoms with Gasteiger partial charge in [-0.2, -0.15) is 0 Å². The molecule has 0 spiro atoms. The summed E-state index contributed by atoms with van der Waals surface area (Å²) >= 11 is 10.7. The van der Waals surface area contributed by atoms with Gasteiger partial charge in [0.25, 0.3) is 0 Å². The van der Waals surface area contributed by atoms with Gasteiger partial charge < -0.3 is 0 Å². The molecule has 1 aliphatic rings. The summed E-state index contributed by atoms with van der Waals surface area (Å²) in [6.45, 7) is 0. The molecular formula is C4H2Cl2O2S.